The smallest absolute Gasteiger partial charge is 0.410 e. The minimum absolute atomic E-state index is 0.310. The minimum Gasteiger partial charge on any atom is -0.410 e. The number of hydrogen-bond donors (Lipinski definition) is 1. The topological polar surface area (TPSA) is 53.1 Å². The van der Waals surface area contributed by atoms with Crippen molar-refractivity contribution in [1.29, 1.82) is 0 Å². The molecule has 0 atom stereocenters. The van der Waals surface area contributed by atoms with Crippen LogP contribution in [0, 0.1) is 0 Å². The van der Waals surface area contributed by atoms with Gasteiger partial charge in [-0.05, 0) is 107 Å². The van der Waals surface area contributed by atoms with Crippen LogP contribution >= 0.6 is 24.4 Å². The molecule has 8 heteroatoms. The molecular weight excluding hydrogens is 526 g/mol. The molecule has 0 radical (unpaired) electrons. The van der Waals surface area contributed by atoms with Gasteiger partial charge < -0.3 is 19.4 Å². The van der Waals surface area contributed by atoms with Crippen molar-refractivity contribution in [3.05, 3.63) is 29.8 Å². The molecule has 0 aromatic heterocycles. The first-order chi connectivity index (χ1) is 18.9. The van der Waals surface area contributed by atoms with Gasteiger partial charge in [-0.25, -0.2) is 4.79 Å². The SMILES string of the molecule is CSCCCCCCN(CCCCCCS)C(=O)CCCCc1ccc(OC(=O)N(C)CCCN(C)C)cc1. The number of unbranched alkanes of at least 4 members (excludes halogenated alkanes) is 7. The van der Waals surface area contributed by atoms with Gasteiger partial charge in [0, 0.05) is 33.1 Å². The number of nitrogens with zero attached hydrogens (tertiary/aromatic N) is 3. The molecule has 39 heavy (non-hydrogen) atoms. The van der Waals surface area contributed by atoms with Gasteiger partial charge in [0.2, 0.25) is 5.91 Å². The molecule has 1 aromatic carbocycles. The summed E-state index contributed by atoms with van der Waals surface area (Å²) in [4.78, 5) is 31.1. The lowest BCUT2D eigenvalue weighted by Crippen LogP contribution is -2.32. The molecule has 0 aliphatic carbocycles. The fourth-order valence-electron chi connectivity index (χ4n) is 4.41. The lowest BCUT2D eigenvalue weighted by Gasteiger charge is -2.23. The number of hydrogen-bond acceptors (Lipinski definition) is 6. The molecule has 0 aliphatic heterocycles. The van der Waals surface area contributed by atoms with Crippen LogP contribution in [0.15, 0.2) is 24.3 Å². The summed E-state index contributed by atoms with van der Waals surface area (Å²) in [6, 6.07) is 7.76. The van der Waals surface area contributed by atoms with E-state index in [1.54, 1.807) is 11.9 Å². The first kappa shape index (κ1) is 35.6. The molecule has 1 rings (SSSR count). The Kier molecular flexibility index (Phi) is 21.3. The highest BCUT2D eigenvalue weighted by molar-refractivity contribution is 7.98. The van der Waals surface area contributed by atoms with Crippen molar-refractivity contribution in [2.75, 3.05) is 65.1 Å². The van der Waals surface area contributed by atoms with Crippen LogP contribution in [0.3, 0.4) is 0 Å². The Balaban J connectivity index is 2.38. The maximum atomic E-state index is 13.0. The molecule has 0 unspecified atom stereocenters. The van der Waals surface area contributed by atoms with E-state index < -0.39 is 0 Å². The first-order valence-electron chi connectivity index (χ1n) is 14.9. The Bertz CT molecular complexity index is 762. The molecule has 0 heterocycles. The Morgan fingerprint density at radius 1 is 0.769 bits per heavy atom. The van der Waals surface area contributed by atoms with Crippen molar-refractivity contribution >= 4 is 36.4 Å². The summed E-state index contributed by atoms with van der Waals surface area (Å²) in [5, 5.41) is 0. The van der Waals surface area contributed by atoms with Gasteiger partial charge >= 0.3 is 6.09 Å². The summed E-state index contributed by atoms with van der Waals surface area (Å²) in [7, 11) is 5.82. The minimum atomic E-state index is -0.328. The van der Waals surface area contributed by atoms with E-state index in [1.165, 1.54) is 43.4 Å². The number of carbonyl (C=O) groups is 2. The van der Waals surface area contributed by atoms with E-state index in [-0.39, 0.29) is 6.09 Å². The zero-order valence-electron chi connectivity index (χ0n) is 25.2. The molecule has 0 aliphatic rings. The molecule has 0 fully saturated rings. The third-order valence-electron chi connectivity index (χ3n) is 6.86. The van der Waals surface area contributed by atoms with Gasteiger partial charge in [-0.3, -0.25) is 4.79 Å². The quantitative estimate of drug-likeness (QED) is 0.111. The van der Waals surface area contributed by atoms with Gasteiger partial charge in [0.1, 0.15) is 5.75 Å². The standard InChI is InChI=1S/C31H55N3O3S2/c1-32(2)22-15-23-33(3)31(36)37-29-20-18-28(19-21-29)16-9-10-17-30(35)34(24-11-5-7-13-26-38)25-12-6-8-14-27-39-4/h18-21,38H,5-17,22-27H2,1-4H3. The van der Waals surface area contributed by atoms with E-state index >= 15 is 0 Å². The second kappa shape index (κ2) is 23.3. The van der Waals surface area contributed by atoms with Gasteiger partial charge in [-0.15, -0.1) is 0 Å². The first-order valence-corrected chi connectivity index (χ1v) is 16.9. The van der Waals surface area contributed by atoms with Crippen LogP contribution < -0.4 is 4.74 Å². The fraction of sp³-hybridized carbons (Fsp3) is 0.742. The largest absolute Gasteiger partial charge is 0.414 e. The lowest BCUT2D eigenvalue weighted by molar-refractivity contribution is -0.131. The van der Waals surface area contributed by atoms with E-state index in [1.807, 2.05) is 50.1 Å². The Morgan fingerprint density at radius 3 is 2.03 bits per heavy atom. The number of thiol groups is 1. The van der Waals surface area contributed by atoms with E-state index in [9.17, 15) is 9.59 Å². The average Bonchev–Trinajstić information content (AvgIpc) is 2.92. The lowest BCUT2D eigenvalue weighted by atomic mass is 10.1. The van der Waals surface area contributed by atoms with Crippen LogP contribution in [0.5, 0.6) is 5.75 Å². The second-order valence-electron chi connectivity index (χ2n) is 10.7. The summed E-state index contributed by atoms with van der Waals surface area (Å²) in [6.45, 7) is 3.39. The van der Waals surface area contributed by atoms with Crippen molar-refractivity contribution < 1.29 is 14.3 Å². The highest BCUT2D eigenvalue weighted by Crippen LogP contribution is 2.16. The molecule has 0 saturated carbocycles. The van der Waals surface area contributed by atoms with Crippen LogP contribution in [0.1, 0.15) is 82.6 Å². The molecule has 6 nitrogen and oxygen atoms in total. The van der Waals surface area contributed by atoms with Crippen molar-refractivity contribution in [2.24, 2.45) is 0 Å². The summed E-state index contributed by atoms with van der Waals surface area (Å²) < 4.78 is 5.50. The third-order valence-corrected chi connectivity index (χ3v) is 7.87. The number of benzene rings is 1. The molecule has 0 N–H and O–H groups in total. The summed E-state index contributed by atoms with van der Waals surface area (Å²) in [5.74, 6) is 3.06. The average molecular weight is 582 g/mol. The zero-order valence-corrected chi connectivity index (χ0v) is 26.9. The summed E-state index contributed by atoms with van der Waals surface area (Å²) in [5.41, 5.74) is 1.20. The molecule has 1 aromatic rings. The zero-order chi connectivity index (χ0) is 28.7. The van der Waals surface area contributed by atoms with Crippen LogP contribution in [0.4, 0.5) is 4.79 Å². The molecule has 2 amide bonds. The summed E-state index contributed by atoms with van der Waals surface area (Å²) in [6.07, 6.45) is 15.6. The number of thioether (sulfide) groups is 1. The number of amides is 2. The number of ether oxygens (including phenoxy) is 1. The molecule has 0 spiro atoms. The molecule has 0 bridgehead atoms. The number of aryl methyl sites for hydroxylation is 1. The van der Waals surface area contributed by atoms with Gasteiger partial charge in [0.05, 0.1) is 0 Å². The predicted octanol–water partition coefficient (Wildman–Crippen LogP) is 7.02. The van der Waals surface area contributed by atoms with Gasteiger partial charge in [-0.1, -0.05) is 37.8 Å². The van der Waals surface area contributed by atoms with E-state index in [4.69, 9.17) is 4.74 Å². The van der Waals surface area contributed by atoms with Crippen LogP contribution in [-0.4, -0.2) is 91.8 Å². The Hall–Kier alpha value is -1.38. The predicted molar refractivity (Wildman–Crippen MR) is 172 cm³/mol. The monoisotopic (exact) mass is 581 g/mol. The van der Waals surface area contributed by atoms with Gasteiger partial charge in [0.25, 0.3) is 0 Å². The highest BCUT2D eigenvalue weighted by Gasteiger charge is 2.13. The fourth-order valence-corrected chi connectivity index (χ4v) is 5.13. The maximum Gasteiger partial charge on any atom is 0.414 e. The number of carbonyl (C=O) groups excluding carboxylic acids is 2. The second-order valence-corrected chi connectivity index (χ2v) is 12.2. The molecule has 0 saturated heterocycles. The highest BCUT2D eigenvalue weighted by atomic mass is 32.2. The number of rotatable bonds is 23. The van der Waals surface area contributed by atoms with E-state index in [2.05, 4.69) is 28.7 Å². The van der Waals surface area contributed by atoms with E-state index in [0.29, 0.717) is 24.6 Å². The Morgan fingerprint density at radius 2 is 1.41 bits per heavy atom. The van der Waals surface area contributed by atoms with Crippen molar-refractivity contribution in [3.63, 3.8) is 0 Å². The molecular formula is C31H55N3O3S2. The summed E-state index contributed by atoms with van der Waals surface area (Å²) >= 11 is 6.21. The normalized spacial score (nSPS) is 11.1. The van der Waals surface area contributed by atoms with Crippen LogP contribution in [0.25, 0.3) is 0 Å². The Labute approximate surface area is 249 Å². The molecule has 224 valence electrons. The van der Waals surface area contributed by atoms with Gasteiger partial charge in [0.15, 0.2) is 0 Å². The van der Waals surface area contributed by atoms with Crippen LogP contribution in [-0.2, 0) is 11.2 Å². The van der Waals surface area contributed by atoms with Gasteiger partial charge in [-0.2, -0.15) is 24.4 Å². The maximum absolute atomic E-state index is 13.0. The van der Waals surface area contributed by atoms with Crippen molar-refractivity contribution in [2.45, 2.75) is 83.5 Å². The third kappa shape index (κ3) is 18.6. The van der Waals surface area contributed by atoms with Crippen molar-refractivity contribution in [3.8, 4) is 5.75 Å². The van der Waals surface area contributed by atoms with E-state index in [0.717, 1.165) is 70.3 Å². The van der Waals surface area contributed by atoms with Crippen LogP contribution in [0.2, 0.25) is 0 Å². The van der Waals surface area contributed by atoms with Crippen molar-refractivity contribution in [1.82, 2.24) is 14.7 Å².